The van der Waals surface area contributed by atoms with Gasteiger partial charge in [-0.15, -0.1) is 0 Å². The highest BCUT2D eigenvalue weighted by atomic mass is 35.5. The molecule has 4 nitrogen and oxygen atoms in total. The van der Waals surface area contributed by atoms with Gasteiger partial charge < -0.3 is 10.2 Å². The summed E-state index contributed by atoms with van der Waals surface area (Å²) >= 11 is 6.09. The fourth-order valence-electron chi connectivity index (χ4n) is 3.08. The van der Waals surface area contributed by atoms with E-state index in [0.29, 0.717) is 22.3 Å². The lowest BCUT2D eigenvalue weighted by atomic mass is 10.1. The molecule has 0 aliphatic carbocycles. The minimum Gasteiger partial charge on any atom is -0.369 e. The molecule has 1 heterocycles. The van der Waals surface area contributed by atoms with E-state index < -0.39 is 0 Å². The Kier molecular flexibility index (Phi) is 5.61. The quantitative estimate of drug-likeness (QED) is 0.893. The Hall–Kier alpha value is -2.04. The van der Waals surface area contributed by atoms with Crippen molar-refractivity contribution in [1.29, 1.82) is 0 Å². The Morgan fingerprint density at radius 2 is 1.64 bits per heavy atom. The lowest BCUT2D eigenvalue weighted by molar-refractivity contribution is 0.102. The second-order valence-electron chi connectivity index (χ2n) is 6.60. The van der Waals surface area contributed by atoms with Crippen LogP contribution >= 0.6 is 11.6 Å². The Bertz CT molecular complexity index is 722. The molecule has 0 saturated carbocycles. The number of carbonyl (C=O) groups excluding carboxylic acids is 1. The summed E-state index contributed by atoms with van der Waals surface area (Å²) in [6.07, 6.45) is 0. The van der Waals surface area contributed by atoms with Crippen LogP contribution in [0.25, 0.3) is 0 Å². The van der Waals surface area contributed by atoms with Crippen LogP contribution in [-0.2, 0) is 0 Å². The minimum absolute atomic E-state index is 0.149. The van der Waals surface area contributed by atoms with Crippen molar-refractivity contribution < 1.29 is 4.79 Å². The summed E-state index contributed by atoms with van der Waals surface area (Å²) in [5.41, 5.74) is 2.42. The molecule has 1 amide bonds. The van der Waals surface area contributed by atoms with E-state index in [2.05, 4.69) is 29.0 Å². The number of hydrogen-bond donors (Lipinski definition) is 1. The number of hydrogen-bond acceptors (Lipinski definition) is 3. The molecule has 1 saturated heterocycles. The summed E-state index contributed by atoms with van der Waals surface area (Å²) in [7, 11) is 0. The molecular formula is C20H24ClN3O. The Labute approximate surface area is 154 Å². The van der Waals surface area contributed by atoms with Gasteiger partial charge in [0.25, 0.3) is 5.91 Å². The highest BCUT2D eigenvalue weighted by Gasteiger charge is 2.19. The molecule has 25 heavy (non-hydrogen) atoms. The van der Waals surface area contributed by atoms with Crippen molar-refractivity contribution in [2.45, 2.75) is 19.9 Å². The molecule has 1 aliphatic heterocycles. The summed E-state index contributed by atoms with van der Waals surface area (Å²) in [4.78, 5) is 17.2. The van der Waals surface area contributed by atoms with Crippen molar-refractivity contribution in [3.8, 4) is 0 Å². The number of para-hydroxylation sites is 1. The minimum atomic E-state index is -0.149. The number of halogens is 1. The molecule has 3 rings (SSSR count). The topological polar surface area (TPSA) is 35.6 Å². The maximum Gasteiger partial charge on any atom is 0.255 e. The van der Waals surface area contributed by atoms with Crippen LogP contribution in [0.5, 0.6) is 0 Å². The maximum atomic E-state index is 12.4. The van der Waals surface area contributed by atoms with Crippen LogP contribution in [0.15, 0.2) is 48.5 Å². The van der Waals surface area contributed by atoms with Gasteiger partial charge in [-0.3, -0.25) is 9.69 Å². The highest BCUT2D eigenvalue weighted by molar-refractivity contribution is 6.33. The van der Waals surface area contributed by atoms with Crippen molar-refractivity contribution in [2.24, 2.45) is 0 Å². The van der Waals surface area contributed by atoms with E-state index in [1.165, 1.54) is 0 Å². The largest absolute Gasteiger partial charge is 0.369 e. The molecule has 0 unspecified atom stereocenters. The third-order valence-electron chi connectivity index (χ3n) is 4.66. The first-order valence-electron chi connectivity index (χ1n) is 8.69. The zero-order valence-electron chi connectivity index (χ0n) is 14.7. The molecule has 0 aromatic heterocycles. The van der Waals surface area contributed by atoms with Crippen LogP contribution in [0.4, 0.5) is 11.4 Å². The van der Waals surface area contributed by atoms with Gasteiger partial charge in [-0.25, -0.2) is 0 Å². The fourth-order valence-corrected chi connectivity index (χ4v) is 3.26. The van der Waals surface area contributed by atoms with Crippen molar-refractivity contribution in [2.75, 3.05) is 36.4 Å². The van der Waals surface area contributed by atoms with Gasteiger partial charge in [0, 0.05) is 43.5 Å². The first kappa shape index (κ1) is 17.8. The van der Waals surface area contributed by atoms with E-state index >= 15 is 0 Å². The number of nitrogens with zero attached hydrogens (tertiary/aromatic N) is 2. The number of rotatable bonds is 4. The van der Waals surface area contributed by atoms with Gasteiger partial charge in [0.1, 0.15) is 0 Å². The fraction of sp³-hybridized carbons (Fsp3) is 0.350. The van der Waals surface area contributed by atoms with Crippen LogP contribution in [0.2, 0.25) is 5.02 Å². The second-order valence-corrected chi connectivity index (χ2v) is 7.00. The number of carbonyl (C=O) groups is 1. The van der Waals surface area contributed by atoms with Gasteiger partial charge >= 0.3 is 0 Å². The zero-order chi connectivity index (χ0) is 17.8. The van der Waals surface area contributed by atoms with Gasteiger partial charge in [-0.2, -0.15) is 0 Å². The van der Waals surface area contributed by atoms with E-state index in [1.807, 2.05) is 36.4 Å². The van der Waals surface area contributed by atoms with Gasteiger partial charge in [0.15, 0.2) is 0 Å². The lowest BCUT2D eigenvalue weighted by Crippen LogP contribution is -2.48. The molecule has 0 spiro atoms. The molecule has 2 aromatic carbocycles. The van der Waals surface area contributed by atoms with Crippen LogP contribution in [0.1, 0.15) is 24.2 Å². The van der Waals surface area contributed by atoms with E-state index in [4.69, 9.17) is 11.6 Å². The monoisotopic (exact) mass is 357 g/mol. The standard InChI is InChI=1S/C20H24ClN3O/c1-15(2)23-11-13-24(14-12-23)17-9-7-16(8-10-17)20(25)22-19-6-4-3-5-18(19)21/h3-10,15H,11-14H2,1-2H3,(H,22,25). The predicted molar refractivity (Wildman–Crippen MR) is 105 cm³/mol. The second kappa shape index (κ2) is 7.89. The third-order valence-corrected chi connectivity index (χ3v) is 4.99. The Morgan fingerprint density at radius 1 is 1.00 bits per heavy atom. The van der Waals surface area contributed by atoms with Crippen molar-refractivity contribution in [1.82, 2.24) is 4.90 Å². The Balaban J connectivity index is 1.62. The summed E-state index contributed by atoms with van der Waals surface area (Å²) in [5.74, 6) is -0.149. The first-order chi connectivity index (χ1) is 12.0. The van der Waals surface area contributed by atoms with Crippen molar-refractivity contribution in [3.05, 3.63) is 59.1 Å². The van der Waals surface area contributed by atoms with E-state index in [9.17, 15) is 4.79 Å². The summed E-state index contributed by atoms with van der Waals surface area (Å²) in [6.45, 7) is 8.66. The number of benzene rings is 2. The molecule has 2 aromatic rings. The lowest BCUT2D eigenvalue weighted by Gasteiger charge is -2.38. The molecule has 0 bridgehead atoms. The van der Waals surface area contributed by atoms with Crippen molar-refractivity contribution in [3.63, 3.8) is 0 Å². The van der Waals surface area contributed by atoms with Gasteiger partial charge in [-0.1, -0.05) is 23.7 Å². The molecule has 0 atom stereocenters. The number of piperazine rings is 1. The Morgan fingerprint density at radius 3 is 2.24 bits per heavy atom. The van der Waals surface area contributed by atoms with E-state index in [-0.39, 0.29) is 5.91 Å². The number of nitrogens with one attached hydrogen (secondary N) is 1. The average molecular weight is 358 g/mol. The van der Waals surface area contributed by atoms with E-state index in [0.717, 1.165) is 31.9 Å². The van der Waals surface area contributed by atoms with E-state index in [1.54, 1.807) is 12.1 Å². The predicted octanol–water partition coefficient (Wildman–Crippen LogP) is 4.12. The SMILES string of the molecule is CC(C)N1CCN(c2ccc(C(=O)Nc3ccccc3Cl)cc2)CC1. The van der Waals surface area contributed by atoms with Crippen LogP contribution in [-0.4, -0.2) is 43.0 Å². The number of amides is 1. The van der Waals surface area contributed by atoms with Gasteiger partial charge in [0.05, 0.1) is 10.7 Å². The molecule has 132 valence electrons. The molecule has 1 aliphatic rings. The third kappa shape index (κ3) is 4.33. The molecule has 5 heteroatoms. The van der Waals surface area contributed by atoms with Crippen LogP contribution in [0, 0.1) is 0 Å². The van der Waals surface area contributed by atoms with Crippen LogP contribution < -0.4 is 10.2 Å². The molecule has 0 radical (unpaired) electrons. The van der Waals surface area contributed by atoms with Crippen LogP contribution in [0.3, 0.4) is 0 Å². The van der Waals surface area contributed by atoms with Crippen molar-refractivity contribution >= 4 is 28.9 Å². The van der Waals surface area contributed by atoms with Gasteiger partial charge in [-0.05, 0) is 50.2 Å². The normalized spacial score (nSPS) is 15.4. The maximum absolute atomic E-state index is 12.4. The molecular weight excluding hydrogens is 334 g/mol. The smallest absolute Gasteiger partial charge is 0.255 e. The highest BCUT2D eigenvalue weighted by Crippen LogP contribution is 2.22. The summed E-state index contributed by atoms with van der Waals surface area (Å²) in [5, 5.41) is 3.39. The average Bonchev–Trinajstić information content (AvgIpc) is 2.64. The molecule has 1 fully saturated rings. The molecule has 1 N–H and O–H groups in total. The summed E-state index contributed by atoms with van der Waals surface area (Å²) in [6, 6.07) is 15.6. The zero-order valence-corrected chi connectivity index (χ0v) is 15.5. The van der Waals surface area contributed by atoms with Gasteiger partial charge in [0.2, 0.25) is 0 Å². The first-order valence-corrected chi connectivity index (χ1v) is 9.07. The summed E-state index contributed by atoms with van der Waals surface area (Å²) < 4.78 is 0. The number of anilines is 2.